The number of halogens is 1. The quantitative estimate of drug-likeness (QED) is 0.821. The Kier molecular flexibility index (Phi) is 3.83. The SMILES string of the molecule is CN1CC(=O)N(c2ccccc2)CC12CCN(C(=O)C1(F)CCC1)C2. The van der Waals surface area contributed by atoms with Crippen LogP contribution in [0.25, 0.3) is 0 Å². The summed E-state index contributed by atoms with van der Waals surface area (Å²) in [5, 5.41) is 0. The van der Waals surface area contributed by atoms with Crippen molar-refractivity contribution in [2.24, 2.45) is 0 Å². The normalized spacial score (nSPS) is 29.1. The van der Waals surface area contributed by atoms with E-state index in [-0.39, 0.29) is 17.4 Å². The van der Waals surface area contributed by atoms with Crippen molar-refractivity contribution in [2.45, 2.75) is 36.9 Å². The number of nitrogens with zero attached hydrogens (tertiary/aromatic N) is 3. The summed E-state index contributed by atoms with van der Waals surface area (Å²) in [6.07, 6.45) is 2.25. The van der Waals surface area contributed by atoms with Crippen molar-refractivity contribution in [3.8, 4) is 0 Å². The zero-order chi connectivity index (χ0) is 17.7. The molecule has 2 saturated heterocycles. The van der Waals surface area contributed by atoms with Gasteiger partial charge in [0, 0.05) is 25.3 Å². The first-order chi connectivity index (χ1) is 11.9. The van der Waals surface area contributed by atoms with Crippen LogP contribution in [0.1, 0.15) is 25.7 Å². The summed E-state index contributed by atoms with van der Waals surface area (Å²) in [5.74, 6) is -0.294. The zero-order valence-electron chi connectivity index (χ0n) is 14.6. The third kappa shape index (κ3) is 2.63. The molecular formula is C19H24FN3O2. The number of anilines is 1. The van der Waals surface area contributed by atoms with Gasteiger partial charge >= 0.3 is 0 Å². The molecule has 4 rings (SSSR count). The highest BCUT2D eigenvalue weighted by atomic mass is 19.1. The van der Waals surface area contributed by atoms with Gasteiger partial charge in [0.1, 0.15) is 0 Å². The number of carbonyl (C=O) groups is 2. The highest BCUT2D eigenvalue weighted by Crippen LogP contribution is 2.40. The third-order valence-electron chi connectivity index (χ3n) is 6.15. The lowest BCUT2D eigenvalue weighted by atomic mass is 9.81. The van der Waals surface area contributed by atoms with Crippen LogP contribution in [0, 0.1) is 0 Å². The van der Waals surface area contributed by atoms with E-state index in [2.05, 4.69) is 0 Å². The Morgan fingerprint density at radius 3 is 2.48 bits per heavy atom. The molecule has 1 saturated carbocycles. The molecule has 0 aromatic heterocycles. The molecule has 1 aliphatic carbocycles. The number of para-hydroxylation sites is 1. The lowest BCUT2D eigenvalue weighted by Crippen LogP contribution is -2.65. The summed E-state index contributed by atoms with van der Waals surface area (Å²) < 4.78 is 14.5. The van der Waals surface area contributed by atoms with E-state index < -0.39 is 5.67 Å². The minimum Gasteiger partial charge on any atom is -0.338 e. The number of rotatable bonds is 2. The fourth-order valence-corrected chi connectivity index (χ4v) is 4.26. The Labute approximate surface area is 147 Å². The summed E-state index contributed by atoms with van der Waals surface area (Å²) in [6.45, 7) is 1.91. The van der Waals surface area contributed by atoms with Crippen molar-refractivity contribution < 1.29 is 14.0 Å². The summed E-state index contributed by atoms with van der Waals surface area (Å²) >= 11 is 0. The Morgan fingerprint density at radius 1 is 1.12 bits per heavy atom. The minimum atomic E-state index is -1.65. The predicted octanol–water partition coefficient (Wildman–Crippen LogP) is 1.83. The Hall–Kier alpha value is -1.95. The Bertz CT molecular complexity index is 691. The number of likely N-dealkylation sites (tertiary alicyclic amines) is 1. The maximum absolute atomic E-state index is 14.5. The summed E-state index contributed by atoms with van der Waals surface area (Å²) in [6, 6.07) is 9.62. The van der Waals surface area contributed by atoms with Crippen molar-refractivity contribution in [3.05, 3.63) is 30.3 Å². The van der Waals surface area contributed by atoms with Gasteiger partial charge in [-0.25, -0.2) is 4.39 Å². The first kappa shape index (κ1) is 16.5. The van der Waals surface area contributed by atoms with Crippen molar-refractivity contribution in [3.63, 3.8) is 0 Å². The van der Waals surface area contributed by atoms with Crippen LogP contribution in [0.15, 0.2) is 30.3 Å². The second-order valence-electron chi connectivity index (χ2n) is 7.69. The molecule has 5 nitrogen and oxygen atoms in total. The number of carbonyl (C=O) groups excluding carboxylic acids is 2. The molecule has 1 aromatic carbocycles. The van der Waals surface area contributed by atoms with Crippen LogP contribution in [0.2, 0.25) is 0 Å². The highest BCUT2D eigenvalue weighted by Gasteiger charge is 2.53. The van der Waals surface area contributed by atoms with Crippen LogP contribution in [0.5, 0.6) is 0 Å². The second-order valence-corrected chi connectivity index (χ2v) is 7.69. The molecule has 2 heterocycles. The van der Waals surface area contributed by atoms with Crippen LogP contribution >= 0.6 is 0 Å². The molecule has 1 unspecified atom stereocenters. The van der Waals surface area contributed by atoms with Crippen molar-refractivity contribution in [1.82, 2.24) is 9.80 Å². The van der Waals surface area contributed by atoms with Gasteiger partial charge in [-0.05, 0) is 44.9 Å². The van der Waals surface area contributed by atoms with E-state index >= 15 is 0 Å². The van der Waals surface area contributed by atoms with Gasteiger partial charge in [0.15, 0.2) is 5.67 Å². The fourth-order valence-electron chi connectivity index (χ4n) is 4.26. The van der Waals surface area contributed by atoms with Crippen LogP contribution in [-0.2, 0) is 9.59 Å². The lowest BCUT2D eigenvalue weighted by Gasteiger charge is -2.47. The van der Waals surface area contributed by atoms with Gasteiger partial charge < -0.3 is 9.80 Å². The third-order valence-corrected chi connectivity index (χ3v) is 6.15. The van der Waals surface area contributed by atoms with Crippen molar-refractivity contribution >= 4 is 17.5 Å². The molecule has 0 N–H and O–H groups in total. The molecule has 3 aliphatic rings. The molecule has 6 heteroatoms. The van der Waals surface area contributed by atoms with Crippen molar-refractivity contribution in [2.75, 3.05) is 38.1 Å². The second kappa shape index (κ2) is 5.80. The molecule has 1 atom stereocenters. The Balaban J connectivity index is 1.54. The van der Waals surface area contributed by atoms with Gasteiger partial charge in [-0.2, -0.15) is 0 Å². The average Bonchev–Trinajstić information content (AvgIpc) is 3.02. The molecular weight excluding hydrogens is 321 g/mol. The van der Waals surface area contributed by atoms with E-state index in [9.17, 15) is 14.0 Å². The standard InChI is InChI=1S/C19H24FN3O2/c1-21-12-16(24)23(15-6-3-2-4-7-15)14-18(21)10-11-22(13-18)17(25)19(20)8-5-9-19/h2-4,6-7H,5,8-14H2,1H3. The largest absolute Gasteiger partial charge is 0.338 e. The van der Waals surface area contributed by atoms with Gasteiger partial charge in [0.2, 0.25) is 5.91 Å². The number of hydrogen-bond acceptors (Lipinski definition) is 3. The monoisotopic (exact) mass is 345 g/mol. The minimum absolute atomic E-state index is 0.0602. The Morgan fingerprint density at radius 2 is 1.84 bits per heavy atom. The molecule has 3 fully saturated rings. The first-order valence-electron chi connectivity index (χ1n) is 8.99. The van der Waals surface area contributed by atoms with Gasteiger partial charge in [0.25, 0.3) is 5.91 Å². The highest BCUT2D eigenvalue weighted by molar-refractivity contribution is 5.96. The molecule has 2 aliphatic heterocycles. The first-order valence-corrected chi connectivity index (χ1v) is 8.99. The van der Waals surface area contributed by atoms with E-state index in [0.717, 1.165) is 18.5 Å². The number of amides is 2. The smallest absolute Gasteiger partial charge is 0.260 e. The van der Waals surface area contributed by atoms with E-state index in [1.807, 2.05) is 47.2 Å². The molecule has 0 bridgehead atoms. The van der Waals surface area contributed by atoms with Gasteiger partial charge in [-0.3, -0.25) is 14.5 Å². The molecule has 25 heavy (non-hydrogen) atoms. The topological polar surface area (TPSA) is 43.9 Å². The number of likely N-dealkylation sites (N-methyl/N-ethyl adjacent to an activating group) is 1. The molecule has 0 radical (unpaired) electrons. The van der Waals surface area contributed by atoms with Crippen molar-refractivity contribution in [1.29, 1.82) is 0 Å². The molecule has 1 aromatic rings. The molecule has 2 amide bonds. The summed E-state index contributed by atoms with van der Waals surface area (Å²) in [4.78, 5) is 30.6. The maximum Gasteiger partial charge on any atom is 0.260 e. The number of alkyl halides is 1. The van der Waals surface area contributed by atoms with Crippen LogP contribution in [-0.4, -0.2) is 66.0 Å². The van der Waals surface area contributed by atoms with E-state index in [4.69, 9.17) is 0 Å². The van der Waals surface area contributed by atoms with Gasteiger partial charge in [0.05, 0.1) is 12.1 Å². The van der Waals surface area contributed by atoms with Crippen LogP contribution < -0.4 is 4.90 Å². The van der Waals surface area contributed by atoms with E-state index in [1.165, 1.54) is 0 Å². The number of hydrogen-bond donors (Lipinski definition) is 0. The fraction of sp³-hybridized carbons (Fsp3) is 0.579. The van der Waals surface area contributed by atoms with Crippen LogP contribution in [0.4, 0.5) is 10.1 Å². The summed E-state index contributed by atoms with van der Waals surface area (Å²) in [7, 11) is 1.93. The number of piperazine rings is 1. The number of benzene rings is 1. The van der Waals surface area contributed by atoms with Gasteiger partial charge in [-0.15, -0.1) is 0 Å². The lowest BCUT2D eigenvalue weighted by molar-refractivity contribution is -0.149. The van der Waals surface area contributed by atoms with Crippen LogP contribution in [0.3, 0.4) is 0 Å². The average molecular weight is 345 g/mol. The van der Waals surface area contributed by atoms with E-state index in [0.29, 0.717) is 39.0 Å². The zero-order valence-corrected chi connectivity index (χ0v) is 14.6. The molecule has 1 spiro atoms. The molecule has 134 valence electrons. The maximum atomic E-state index is 14.5. The van der Waals surface area contributed by atoms with E-state index in [1.54, 1.807) is 4.90 Å². The predicted molar refractivity (Wildman–Crippen MR) is 93.0 cm³/mol. The van der Waals surface area contributed by atoms with Gasteiger partial charge in [-0.1, -0.05) is 18.2 Å². The summed E-state index contributed by atoms with van der Waals surface area (Å²) in [5.41, 5.74) is -1.06.